The molecule has 0 spiro atoms. The minimum Gasteiger partial charge on any atom is -0.481 e. The maximum Gasteiger partial charge on any atom is 0.256 e. The zero-order chi connectivity index (χ0) is 23.4. The van der Waals surface area contributed by atoms with Gasteiger partial charge in [-0.25, -0.2) is 18.9 Å². The van der Waals surface area contributed by atoms with Crippen molar-refractivity contribution >= 4 is 23.2 Å². The molecule has 0 aliphatic heterocycles. The van der Waals surface area contributed by atoms with Crippen LogP contribution in [0.25, 0.3) is 5.65 Å². The van der Waals surface area contributed by atoms with E-state index in [1.54, 1.807) is 18.3 Å². The van der Waals surface area contributed by atoms with Gasteiger partial charge in [-0.1, -0.05) is 6.08 Å². The fraction of sp³-hybridized carbons (Fsp3) is 0.348. The molecule has 0 bridgehead atoms. The van der Waals surface area contributed by atoms with Crippen LogP contribution < -0.4 is 15.0 Å². The first-order valence-corrected chi connectivity index (χ1v) is 10.7. The van der Waals surface area contributed by atoms with E-state index in [2.05, 4.69) is 27.0 Å². The molecule has 0 aromatic carbocycles. The molecule has 3 aromatic heterocycles. The molecule has 3 aromatic rings. The number of fused-ring (bicyclic) bond motifs is 1. The van der Waals surface area contributed by atoms with E-state index in [9.17, 15) is 14.0 Å². The number of methoxy groups -OCH3 is 1. The van der Waals surface area contributed by atoms with Gasteiger partial charge in [-0.05, 0) is 25.0 Å². The number of Topliss-reactive ketones (excluding diaryl/α,β-unsaturated/α-hetero) is 1. The number of amides is 1. The lowest BCUT2D eigenvalue weighted by Gasteiger charge is -2.24. The summed E-state index contributed by atoms with van der Waals surface area (Å²) in [6, 6.07) is 2.99. The third-order valence-corrected chi connectivity index (χ3v) is 5.55. The van der Waals surface area contributed by atoms with Crippen LogP contribution in [0.3, 0.4) is 0 Å². The zero-order valence-electron chi connectivity index (χ0n) is 18.3. The Hall–Kier alpha value is -3.82. The molecule has 1 fully saturated rings. The quantitative estimate of drug-likeness (QED) is 0.498. The molecule has 1 atom stereocenters. The number of ketones is 1. The van der Waals surface area contributed by atoms with Gasteiger partial charge in [0.25, 0.3) is 5.91 Å². The summed E-state index contributed by atoms with van der Waals surface area (Å²) in [4.78, 5) is 35.0. The molecule has 1 amide bonds. The monoisotopic (exact) mass is 452 g/mol. The van der Waals surface area contributed by atoms with Crippen molar-refractivity contribution in [3.8, 4) is 5.88 Å². The van der Waals surface area contributed by atoms with E-state index in [4.69, 9.17) is 4.74 Å². The van der Waals surface area contributed by atoms with Gasteiger partial charge in [0.2, 0.25) is 5.88 Å². The Morgan fingerprint density at radius 1 is 1.45 bits per heavy atom. The van der Waals surface area contributed by atoms with Crippen molar-refractivity contribution in [2.45, 2.75) is 38.3 Å². The van der Waals surface area contributed by atoms with E-state index < -0.39 is 5.82 Å². The molecule has 4 rings (SSSR count). The third kappa shape index (κ3) is 5.00. The van der Waals surface area contributed by atoms with Crippen LogP contribution in [0.5, 0.6) is 5.88 Å². The number of anilines is 1. The van der Waals surface area contributed by atoms with Crippen LogP contribution in [-0.4, -0.2) is 51.0 Å². The summed E-state index contributed by atoms with van der Waals surface area (Å²) in [5.41, 5.74) is 1.28. The van der Waals surface area contributed by atoms with Crippen molar-refractivity contribution < 1.29 is 18.7 Å². The Morgan fingerprint density at radius 3 is 3.03 bits per heavy atom. The Balaban J connectivity index is 1.63. The highest BCUT2D eigenvalue weighted by atomic mass is 19.1. The Kier molecular flexibility index (Phi) is 6.62. The molecule has 3 heterocycles. The number of ether oxygens (including phenoxy) is 1. The highest BCUT2D eigenvalue weighted by molar-refractivity contribution is 6.00. The molecule has 33 heavy (non-hydrogen) atoms. The molecular weight excluding hydrogens is 427 g/mol. The van der Waals surface area contributed by atoms with Crippen LogP contribution in [-0.2, 0) is 11.3 Å². The van der Waals surface area contributed by atoms with Gasteiger partial charge in [-0.3, -0.25) is 9.59 Å². The van der Waals surface area contributed by atoms with Crippen molar-refractivity contribution in [3.05, 3.63) is 60.3 Å². The van der Waals surface area contributed by atoms with E-state index in [0.29, 0.717) is 67.2 Å². The molecule has 0 radical (unpaired) electrons. The number of halogens is 1. The summed E-state index contributed by atoms with van der Waals surface area (Å²) >= 11 is 0. The molecule has 1 unspecified atom stereocenters. The molecule has 0 saturated heterocycles. The van der Waals surface area contributed by atoms with Gasteiger partial charge >= 0.3 is 0 Å². The molecule has 1 N–H and O–H groups in total. The van der Waals surface area contributed by atoms with Gasteiger partial charge in [0.15, 0.2) is 5.65 Å². The molecular formula is C23H25FN6O3. The SMILES string of the molecule is C=CCCN(Cc1cc(F)cnc1OC)c1ccn2ncc(C(=O)NC3CCC(=O)C3)c2n1. The molecule has 1 aliphatic rings. The lowest BCUT2D eigenvalue weighted by Crippen LogP contribution is -2.33. The average Bonchev–Trinajstić information content (AvgIpc) is 3.42. The summed E-state index contributed by atoms with van der Waals surface area (Å²) in [5, 5.41) is 7.13. The number of pyridine rings is 1. The topological polar surface area (TPSA) is 102 Å². The number of carbonyl (C=O) groups is 2. The summed E-state index contributed by atoms with van der Waals surface area (Å²) in [6.45, 7) is 4.64. The van der Waals surface area contributed by atoms with Crippen molar-refractivity contribution in [1.82, 2.24) is 24.9 Å². The standard InChI is InChI=1S/C23H25FN6O3/c1-3-4-8-29(14-15-10-16(24)12-25-23(15)33-2)20-7-9-30-21(28-20)19(13-26-30)22(32)27-17-5-6-18(31)11-17/h3,7,9-10,12-13,17H,1,4-6,8,11,14H2,2H3,(H,27,32). The molecule has 1 aliphatic carbocycles. The average molecular weight is 452 g/mol. The van der Waals surface area contributed by atoms with E-state index in [1.807, 2.05) is 4.90 Å². The molecule has 9 nitrogen and oxygen atoms in total. The first kappa shape index (κ1) is 22.4. The Morgan fingerprint density at radius 2 is 2.30 bits per heavy atom. The summed E-state index contributed by atoms with van der Waals surface area (Å²) < 4.78 is 20.6. The molecule has 172 valence electrons. The van der Waals surface area contributed by atoms with Crippen molar-refractivity contribution in [2.75, 3.05) is 18.6 Å². The van der Waals surface area contributed by atoms with E-state index in [1.165, 1.54) is 23.9 Å². The molecule has 10 heteroatoms. The van der Waals surface area contributed by atoms with Gasteiger partial charge < -0.3 is 15.0 Å². The largest absolute Gasteiger partial charge is 0.481 e. The Bertz CT molecular complexity index is 1190. The second-order valence-corrected chi connectivity index (χ2v) is 7.88. The van der Waals surface area contributed by atoms with Gasteiger partial charge in [0, 0.05) is 43.7 Å². The maximum atomic E-state index is 13.8. The van der Waals surface area contributed by atoms with Crippen LogP contribution in [0.15, 0.2) is 43.4 Å². The number of nitrogens with zero attached hydrogens (tertiary/aromatic N) is 5. The first-order chi connectivity index (χ1) is 16.0. The third-order valence-electron chi connectivity index (χ3n) is 5.55. The van der Waals surface area contributed by atoms with E-state index >= 15 is 0 Å². The first-order valence-electron chi connectivity index (χ1n) is 10.7. The van der Waals surface area contributed by atoms with Gasteiger partial charge in [0.05, 0.1) is 19.5 Å². The number of rotatable bonds is 9. The predicted molar refractivity (Wildman–Crippen MR) is 120 cm³/mol. The van der Waals surface area contributed by atoms with Gasteiger partial charge in [-0.15, -0.1) is 6.58 Å². The van der Waals surface area contributed by atoms with Crippen molar-refractivity contribution in [3.63, 3.8) is 0 Å². The number of aromatic nitrogens is 4. The fourth-order valence-electron chi connectivity index (χ4n) is 3.89. The van der Waals surface area contributed by atoms with Crippen molar-refractivity contribution in [1.29, 1.82) is 0 Å². The summed E-state index contributed by atoms with van der Waals surface area (Å²) in [5.74, 6) is 0.291. The number of nitrogens with one attached hydrogen (secondary N) is 1. The van der Waals surface area contributed by atoms with Crippen LogP contribution in [0, 0.1) is 5.82 Å². The Labute approximate surface area is 190 Å². The van der Waals surface area contributed by atoms with Gasteiger partial charge in [0.1, 0.15) is 23.0 Å². The van der Waals surface area contributed by atoms with E-state index in [0.717, 1.165) is 6.20 Å². The lowest BCUT2D eigenvalue weighted by atomic mass is 10.2. The highest BCUT2D eigenvalue weighted by Crippen LogP contribution is 2.23. The van der Waals surface area contributed by atoms with Crippen LogP contribution in [0.2, 0.25) is 0 Å². The zero-order valence-corrected chi connectivity index (χ0v) is 18.3. The minimum absolute atomic E-state index is 0.153. The number of carbonyl (C=O) groups excluding carboxylic acids is 2. The summed E-state index contributed by atoms with van der Waals surface area (Å²) in [6.07, 6.45) is 8.22. The normalized spacial score (nSPS) is 15.6. The predicted octanol–water partition coefficient (Wildman–Crippen LogP) is 2.71. The van der Waals surface area contributed by atoms with Gasteiger partial charge in [-0.2, -0.15) is 5.10 Å². The van der Waals surface area contributed by atoms with Crippen LogP contribution in [0.1, 0.15) is 41.6 Å². The smallest absolute Gasteiger partial charge is 0.256 e. The number of hydrogen-bond acceptors (Lipinski definition) is 7. The summed E-state index contributed by atoms with van der Waals surface area (Å²) in [7, 11) is 1.48. The van der Waals surface area contributed by atoms with Crippen LogP contribution in [0.4, 0.5) is 10.2 Å². The fourth-order valence-corrected chi connectivity index (χ4v) is 3.89. The second kappa shape index (κ2) is 9.76. The molecule has 1 saturated carbocycles. The highest BCUT2D eigenvalue weighted by Gasteiger charge is 2.25. The minimum atomic E-state index is -0.460. The number of hydrogen-bond donors (Lipinski definition) is 1. The second-order valence-electron chi connectivity index (χ2n) is 7.88. The van der Waals surface area contributed by atoms with E-state index in [-0.39, 0.29) is 17.7 Å². The maximum absolute atomic E-state index is 13.8. The van der Waals surface area contributed by atoms with Crippen LogP contribution >= 0.6 is 0 Å². The lowest BCUT2D eigenvalue weighted by molar-refractivity contribution is -0.117. The van der Waals surface area contributed by atoms with Crippen molar-refractivity contribution in [2.24, 2.45) is 0 Å².